The van der Waals surface area contributed by atoms with Gasteiger partial charge in [0, 0.05) is 11.7 Å². The summed E-state index contributed by atoms with van der Waals surface area (Å²) in [4.78, 5) is 0.331. The highest BCUT2D eigenvalue weighted by molar-refractivity contribution is 7.89. The minimum absolute atomic E-state index is 0.136. The van der Waals surface area contributed by atoms with Crippen molar-refractivity contribution in [1.29, 1.82) is 0 Å². The highest BCUT2D eigenvalue weighted by Crippen LogP contribution is 2.25. The molecular formula is C14H24N2O2S. The number of nitrogens with two attached hydrogens (primary N) is 1. The maximum Gasteiger partial charge on any atom is 0.241 e. The van der Waals surface area contributed by atoms with Gasteiger partial charge in [0.1, 0.15) is 0 Å². The maximum atomic E-state index is 12.5. The number of aryl methyl sites for hydroxylation is 2. The fourth-order valence-corrected chi connectivity index (χ4v) is 3.78. The number of sulfonamides is 1. The normalized spacial score (nSPS) is 14.4. The van der Waals surface area contributed by atoms with Crippen LogP contribution in [0.15, 0.2) is 17.0 Å². The molecule has 0 amide bonds. The van der Waals surface area contributed by atoms with Crippen LogP contribution in [-0.2, 0) is 10.0 Å². The molecule has 19 heavy (non-hydrogen) atoms. The van der Waals surface area contributed by atoms with E-state index in [1.54, 1.807) is 26.0 Å². The van der Waals surface area contributed by atoms with E-state index >= 15 is 0 Å². The fraction of sp³-hybridized carbons (Fsp3) is 0.571. The highest BCUT2D eigenvalue weighted by Gasteiger charge is 2.27. The maximum absolute atomic E-state index is 12.5. The predicted octanol–water partition coefficient (Wildman–Crippen LogP) is 2.60. The molecule has 0 aliphatic rings. The van der Waals surface area contributed by atoms with Crippen LogP contribution >= 0.6 is 0 Å². The van der Waals surface area contributed by atoms with Gasteiger partial charge in [-0.2, -0.15) is 0 Å². The summed E-state index contributed by atoms with van der Waals surface area (Å²) >= 11 is 0. The second-order valence-corrected chi connectivity index (χ2v) is 7.84. The molecule has 5 heteroatoms. The van der Waals surface area contributed by atoms with E-state index in [-0.39, 0.29) is 11.5 Å². The van der Waals surface area contributed by atoms with Gasteiger partial charge in [0.15, 0.2) is 0 Å². The molecule has 108 valence electrons. The third kappa shape index (κ3) is 3.70. The van der Waals surface area contributed by atoms with Gasteiger partial charge < -0.3 is 5.73 Å². The van der Waals surface area contributed by atoms with Crippen molar-refractivity contribution in [3.8, 4) is 0 Å². The summed E-state index contributed by atoms with van der Waals surface area (Å²) in [7, 11) is -3.53. The van der Waals surface area contributed by atoms with Gasteiger partial charge in [-0.25, -0.2) is 13.1 Å². The highest BCUT2D eigenvalue weighted by atomic mass is 32.2. The Balaban J connectivity index is 3.23. The van der Waals surface area contributed by atoms with Crippen molar-refractivity contribution in [3.05, 3.63) is 23.3 Å². The summed E-state index contributed by atoms with van der Waals surface area (Å²) in [5, 5.41) is 0. The summed E-state index contributed by atoms with van der Waals surface area (Å²) in [6, 6.07) is 3.21. The first kappa shape index (κ1) is 16.0. The lowest BCUT2D eigenvalue weighted by molar-refractivity contribution is 0.317. The molecule has 0 aromatic heterocycles. The van der Waals surface area contributed by atoms with E-state index in [9.17, 15) is 8.42 Å². The fourth-order valence-electron chi connectivity index (χ4n) is 1.88. The van der Waals surface area contributed by atoms with Gasteiger partial charge in [-0.05, 0) is 49.4 Å². The molecule has 0 radical (unpaired) electrons. The zero-order valence-electron chi connectivity index (χ0n) is 12.5. The molecule has 1 atom stereocenters. The second kappa shape index (κ2) is 5.13. The van der Waals surface area contributed by atoms with Crippen LogP contribution in [0.3, 0.4) is 0 Å². The molecule has 0 saturated heterocycles. The van der Waals surface area contributed by atoms with E-state index in [2.05, 4.69) is 4.72 Å². The molecule has 4 nitrogen and oxygen atoms in total. The molecule has 0 bridgehead atoms. The standard InChI is InChI=1S/C14H24N2O2S/c1-9-7-12(15)8-10(2)13(9)19(17,18)16-11(3)14(4,5)6/h7-8,11,16H,15H2,1-6H3. The number of hydrogen-bond donors (Lipinski definition) is 2. The Morgan fingerprint density at radius 2 is 1.58 bits per heavy atom. The third-order valence-electron chi connectivity index (χ3n) is 3.38. The van der Waals surface area contributed by atoms with Gasteiger partial charge >= 0.3 is 0 Å². The molecule has 1 rings (SSSR count). The number of rotatable bonds is 3. The number of anilines is 1. The van der Waals surface area contributed by atoms with Crippen LogP contribution in [-0.4, -0.2) is 14.5 Å². The van der Waals surface area contributed by atoms with Crippen molar-refractivity contribution in [2.45, 2.75) is 52.5 Å². The summed E-state index contributed by atoms with van der Waals surface area (Å²) in [6.45, 7) is 11.4. The lowest BCUT2D eigenvalue weighted by Gasteiger charge is -2.28. The summed E-state index contributed by atoms with van der Waals surface area (Å²) < 4.78 is 27.7. The van der Waals surface area contributed by atoms with Crippen molar-refractivity contribution in [2.24, 2.45) is 5.41 Å². The largest absolute Gasteiger partial charge is 0.399 e. The summed E-state index contributed by atoms with van der Waals surface area (Å²) in [5.41, 5.74) is 7.52. The van der Waals surface area contributed by atoms with Gasteiger partial charge in [-0.15, -0.1) is 0 Å². The van der Waals surface area contributed by atoms with Crippen LogP contribution in [0.25, 0.3) is 0 Å². The molecule has 3 N–H and O–H groups in total. The smallest absolute Gasteiger partial charge is 0.241 e. The van der Waals surface area contributed by atoms with Crippen LogP contribution in [0.1, 0.15) is 38.8 Å². The second-order valence-electron chi connectivity index (χ2n) is 6.19. The van der Waals surface area contributed by atoms with Gasteiger partial charge in [0.25, 0.3) is 0 Å². The van der Waals surface area contributed by atoms with Gasteiger partial charge in [-0.3, -0.25) is 0 Å². The topological polar surface area (TPSA) is 72.2 Å². The minimum atomic E-state index is -3.53. The van der Waals surface area contributed by atoms with E-state index < -0.39 is 10.0 Å². The Kier molecular flexibility index (Phi) is 4.32. The molecule has 0 aliphatic carbocycles. The number of benzene rings is 1. The third-order valence-corrected chi connectivity index (χ3v) is 5.23. The van der Waals surface area contributed by atoms with Crippen LogP contribution in [0.4, 0.5) is 5.69 Å². The molecular weight excluding hydrogens is 260 g/mol. The average Bonchev–Trinajstić information content (AvgIpc) is 2.11. The van der Waals surface area contributed by atoms with E-state index in [1.807, 2.05) is 27.7 Å². The van der Waals surface area contributed by atoms with Crippen molar-refractivity contribution >= 4 is 15.7 Å². The molecule has 1 aromatic rings. The van der Waals surface area contributed by atoms with Gasteiger partial charge in [-0.1, -0.05) is 20.8 Å². The SMILES string of the molecule is Cc1cc(N)cc(C)c1S(=O)(=O)NC(C)C(C)(C)C. The van der Waals surface area contributed by atoms with Crippen molar-refractivity contribution in [3.63, 3.8) is 0 Å². The van der Waals surface area contributed by atoms with E-state index in [4.69, 9.17) is 5.73 Å². The Hall–Kier alpha value is -1.07. The Labute approximate surface area is 116 Å². The number of nitrogen functional groups attached to an aromatic ring is 1. The lowest BCUT2D eigenvalue weighted by atomic mass is 9.89. The van der Waals surface area contributed by atoms with Crippen molar-refractivity contribution in [2.75, 3.05) is 5.73 Å². The molecule has 0 spiro atoms. The Bertz CT molecular complexity index is 549. The van der Waals surface area contributed by atoms with Crippen molar-refractivity contribution < 1.29 is 8.42 Å². The van der Waals surface area contributed by atoms with Crippen LogP contribution in [0.2, 0.25) is 0 Å². The first-order valence-corrected chi connectivity index (χ1v) is 7.82. The van der Waals surface area contributed by atoms with Crippen LogP contribution in [0.5, 0.6) is 0 Å². The molecule has 1 aromatic carbocycles. The van der Waals surface area contributed by atoms with Crippen molar-refractivity contribution in [1.82, 2.24) is 4.72 Å². The molecule has 0 heterocycles. The van der Waals surface area contributed by atoms with Crippen LogP contribution in [0, 0.1) is 19.3 Å². The monoisotopic (exact) mass is 284 g/mol. The molecule has 0 aliphatic heterocycles. The Morgan fingerprint density at radius 3 is 1.95 bits per heavy atom. The summed E-state index contributed by atoms with van der Waals surface area (Å²) in [6.07, 6.45) is 0. The number of nitrogens with one attached hydrogen (secondary N) is 1. The summed E-state index contributed by atoms with van der Waals surface area (Å²) in [5.74, 6) is 0. The zero-order valence-corrected chi connectivity index (χ0v) is 13.4. The van der Waals surface area contributed by atoms with Gasteiger partial charge in [0.2, 0.25) is 10.0 Å². The first-order chi connectivity index (χ1) is 8.45. The Morgan fingerprint density at radius 1 is 1.16 bits per heavy atom. The van der Waals surface area contributed by atoms with E-state index in [0.29, 0.717) is 21.7 Å². The van der Waals surface area contributed by atoms with E-state index in [0.717, 1.165) is 0 Å². The molecule has 1 unspecified atom stereocenters. The lowest BCUT2D eigenvalue weighted by Crippen LogP contribution is -2.41. The number of hydrogen-bond acceptors (Lipinski definition) is 3. The average molecular weight is 284 g/mol. The van der Waals surface area contributed by atoms with Gasteiger partial charge in [0.05, 0.1) is 4.90 Å². The van der Waals surface area contributed by atoms with Crippen LogP contribution < -0.4 is 10.5 Å². The minimum Gasteiger partial charge on any atom is -0.399 e. The molecule has 0 saturated carbocycles. The molecule has 0 fully saturated rings. The first-order valence-electron chi connectivity index (χ1n) is 6.34. The quantitative estimate of drug-likeness (QED) is 0.838. The van der Waals surface area contributed by atoms with E-state index in [1.165, 1.54) is 0 Å². The zero-order chi connectivity index (χ0) is 15.0. The predicted molar refractivity (Wildman–Crippen MR) is 79.6 cm³/mol.